The van der Waals surface area contributed by atoms with Crippen molar-refractivity contribution in [3.8, 4) is 0 Å². The fourth-order valence-corrected chi connectivity index (χ4v) is 3.45. The Morgan fingerprint density at radius 2 is 1.81 bits per heavy atom. The van der Waals surface area contributed by atoms with Gasteiger partial charge in [-0.05, 0) is 25.7 Å². The molecule has 1 N–H and O–H groups in total. The second kappa shape index (κ2) is 5.75. The molecule has 0 bridgehead atoms. The van der Waals surface area contributed by atoms with Crippen LogP contribution >= 0.6 is 0 Å². The molecule has 3 aliphatic rings. The smallest absolute Gasteiger partial charge is 0.330 e. The van der Waals surface area contributed by atoms with E-state index in [1.54, 1.807) is 0 Å². The summed E-state index contributed by atoms with van der Waals surface area (Å²) in [6, 6.07) is -0.602. The van der Waals surface area contributed by atoms with Crippen molar-refractivity contribution in [3.05, 3.63) is 0 Å². The second-order valence-corrected chi connectivity index (χ2v) is 6.28. The van der Waals surface area contributed by atoms with Gasteiger partial charge in [0.1, 0.15) is 5.41 Å². The van der Waals surface area contributed by atoms with E-state index in [1.165, 1.54) is 19.3 Å². The standard InChI is InChI=1S/C15H22N2O4/c18-12-15(7-4-8-15)13(19)17(14(20)16-12)9-10-21-11-5-2-1-3-6-11/h11H,1-10H2,(H,16,18,20). The van der Waals surface area contributed by atoms with Crippen LogP contribution in [0.25, 0.3) is 0 Å². The minimum Gasteiger partial charge on any atom is -0.376 e. The number of barbiturate groups is 1. The number of ether oxygens (including phenoxy) is 1. The van der Waals surface area contributed by atoms with Crippen LogP contribution in [-0.2, 0) is 14.3 Å². The maximum atomic E-state index is 12.4. The lowest BCUT2D eigenvalue weighted by Gasteiger charge is -2.44. The molecule has 6 nitrogen and oxygen atoms in total. The molecule has 1 spiro atoms. The fourth-order valence-electron chi connectivity index (χ4n) is 3.45. The molecule has 3 rings (SSSR count). The number of urea groups is 1. The predicted molar refractivity (Wildman–Crippen MR) is 74.4 cm³/mol. The molecule has 0 atom stereocenters. The molecule has 0 aromatic rings. The highest BCUT2D eigenvalue weighted by Gasteiger charge is 2.57. The first-order chi connectivity index (χ1) is 10.1. The van der Waals surface area contributed by atoms with Crippen molar-refractivity contribution in [2.45, 2.75) is 57.5 Å². The molecule has 2 saturated carbocycles. The Labute approximate surface area is 124 Å². The molecule has 0 radical (unpaired) electrons. The van der Waals surface area contributed by atoms with Crippen LogP contribution in [0.5, 0.6) is 0 Å². The molecule has 1 aliphatic heterocycles. The van der Waals surface area contributed by atoms with E-state index in [0.717, 1.165) is 24.2 Å². The minimum atomic E-state index is -0.973. The van der Waals surface area contributed by atoms with E-state index >= 15 is 0 Å². The molecule has 0 unspecified atom stereocenters. The number of imide groups is 2. The van der Waals surface area contributed by atoms with Crippen molar-refractivity contribution in [1.29, 1.82) is 0 Å². The van der Waals surface area contributed by atoms with E-state index in [9.17, 15) is 14.4 Å². The van der Waals surface area contributed by atoms with E-state index in [2.05, 4.69) is 5.32 Å². The number of hydrogen-bond donors (Lipinski definition) is 1. The molecule has 116 valence electrons. The van der Waals surface area contributed by atoms with Gasteiger partial charge in [0.15, 0.2) is 0 Å². The van der Waals surface area contributed by atoms with Crippen molar-refractivity contribution in [2.75, 3.05) is 13.2 Å². The largest absolute Gasteiger partial charge is 0.376 e. The van der Waals surface area contributed by atoms with Gasteiger partial charge in [-0.3, -0.25) is 19.8 Å². The van der Waals surface area contributed by atoms with Gasteiger partial charge < -0.3 is 4.74 Å². The van der Waals surface area contributed by atoms with Crippen molar-refractivity contribution >= 4 is 17.8 Å². The third kappa shape index (κ3) is 2.57. The van der Waals surface area contributed by atoms with Crippen molar-refractivity contribution < 1.29 is 19.1 Å². The quantitative estimate of drug-likeness (QED) is 0.799. The minimum absolute atomic E-state index is 0.232. The first-order valence-electron chi connectivity index (χ1n) is 7.92. The van der Waals surface area contributed by atoms with Crippen molar-refractivity contribution in [2.24, 2.45) is 5.41 Å². The molecule has 4 amide bonds. The van der Waals surface area contributed by atoms with Gasteiger partial charge in [0, 0.05) is 0 Å². The maximum Gasteiger partial charge on any atom is 0.330 e. The highest BCUT2D eigenvalue weighted by Crippen LogP contribution is 2.44. The highest BCUT2D eigenvalue weighted by molar-refractivity contribution is 6.19. The van der Waals surface area contributed by atoms with Gasteiger partial charge in [0.05, 0.1) is 19.3 Å². The van der Waals surface area contributed by atoms with E-state index in [-0.39, 0.29) is 18.6 Å². The predicted octanol–water partition coefficient (Wildman–Crippen LogP) is 1.58. The zero-order valence-corrected chi connectivity index (χ0v) is 12.2. The zero-order chi connectivity index (χ0) is 14.9. The first-order valence-corrected chi connectivity index (χ1v) is 7.92. The Bertz CT molecular complexity index is 453. The Hall–Kier alpha value is -1.43. The Balaban J connectivity index is 1.55. The van der Waals surface area contributed by atoms with Crippen LogP contribution in [0.15, 0.2) is 0 Å². The summed E-state index contributed by atoms with van der Waals surface area (Å²) in [5.74, 6) is -0.761. The number of nitrogens with zero attached hydrogens (tertiary/aromatic N) is 1. The van der Waals surface area contributed by atoms with E-state index in [1.807, 2.05) is 0 Å². The normalized spacial score (nSPS) is 25.9. The summed E-state index contributed by atoms with van der Waals surface area (Å²) in [6.07, 6.45) is 7.95. The number of carbonyl (C=O) groups excluding carboxylic acids is 3. The molecule has 21 heavy (non-hydrogen) atoms. The van der Waals surface area contributed by atoms with Crippen LogP contribution in [0.2, 0.25) is 0 Å². The van der Waals surface area contributed by atoms with Crippen LogP contribution in [0, 0.1) is 5.41 Å². The van der Waals surface area contributed by atoms with Gasteiger partial charge >= 0.3 is 6.03 Å². The topological polar surface area (TPSA) is 75.7 Å². The van der Waals surface area contributed by atoms with Crippen LogP contribution in [0.4, 0.5) is 4.79 Å². The van der Waals surface area contributed by atoms with Crippen LogP contribution < -0.4 is 5.32 Å². The average Bonchev–Trinajstić information content (AvgIpc) is 2.42. The lowest BCUT2D eigenvalue weighted by atomic mass is 9.66. The fraction of sp³-hybridized carbons (Fsp3) is 0.800. The van der Waals surface area contributed by atoms with Crippen LogP contribution in [0.3, 0.4) is 0 Å². The summed E-state index contributed by atoms with van der Waals surface area (Å²) >= 11 is 0. The lowest BCUT2D eigenvalue weighted by Crippen LogP contribution is -2.66. The number of hydrogen-bond acceptors (Lipinski definition) is 4. The summed E-state index contributed by atoms with van der Waals surface area (Å²) in [7, 11) is 0. The summed E-state index contributed by atoms with van der Waals surface area (Å²) < 4.78 is 5.77. The Morgan fingerprint density at radius 1 is 1.10 bits per heavy atom. The Morgan fingerprint density at radius 3 is 2.43 bits per heavy atom. The lowest BCUT2D eigenvalue weighted by molar-refractivity contribution is -0.158. The van der Waals surface area contributed by atoms with E-state index in [4.69, 9.17) is 4.74 Å². The van der Waals surface area contributed by atoms with Gasteiger partial charge in [-0.2, -0.15) is 0 Å². The highest BCUT2D eigenvalue weighted by atomic mass is 16.5. The third-order valence-corrected chi connectivity index (χ3v) is 4.98. The number of amides is 4. The van der Waals surface area contributed by atoms with Crippen LogP contribution in [-0.4, -0.2) is 42.0 Å². The molecular weight excluding hydrogens is 272 g/mol. The first kappa shape index (κ1) is 14.5. The third-order valence-electron chi connectivity index (χ3n) is 4.98. The number of rotatable bonds is 4. The SMILES string of the molecule is O=C1NC(=O)C2(CCC2)C(=O)N1CCOC1CCCCC1. The molecule has 6 heteroatoms. The molecule has 2 aliphatic carbocycles. The summed E-state index contributed by atoms with van der Waals surface area (Å²) in [6.45, 7) is 0.588. The molecule has 0 aromatic carbocycles. The number of nitrogens with one attached hydrogen (secondary N) is 1. The zero-order valence-electron chi connectivity index (χ0n) is 12.2. The van der Waals surface area contributed by atoms with Crippen LogP contribution in [0.1, 0.15) is 51.4 Å². The monoisotopic (exact) mass is 294 g/mol. The molecule has 0 aromatic heterocycles. The maximum absolute atomic E-state index is 12.4. The average molecular weight is 294 g/mol. The molecule has 1 heterocycles. The van der Waals surface area contributed by atoms with Gasteiger partial charge in [-0.25, -0.2) is 4.79 Å². The van der Waals surface area contributed by atoms with E-state index < -0.39 is 17.4 Å². The van der Waals surface area contributed by atoms with Gasteiger partial charge in [0.25, 0.3) is 0 Å². The van der Waals surface area contributed by atoms with Gasteiger partial charge in [0.2, 0.25) is 11.8 Å². The van der Waals surface area contributed by atoms with E-state index in [0.29, 0.717) is 19.4 Å². The molecular formula is C15H22N2O4. The Kier molecular flexibility index (Phi) is 3.97. The molecule has 3 fully saturated rings. The molecule has 1 saturated heterocycles. The van der Waals surface area contributed by atoms with Crippen molar-refractivity contribution in [3.63, 3.8) is 0 Å². The number of carbonyl (C=O) groups is 3. The summed E-state index contributed by atoms with van der Waals surface area (Å²) in [5.41, 5.74) is -0.973. The van der Waals surface area contributed by atoms with Crippen molar-refractivity contribution in [1.82, 2.24) is 10.2 Å². The summed E-state index contributed by atoms with van der Waals surface area (Å²) in [5, 5.41) is 2.31. The van der Waals surface area contributed by atoms with Gasteiger partial charge in [-0.15, -0.1) is 0 Å². The summed E-state index contributed by atoms with van der Waals surface area (Å²) in [4.78, 5) is 37.3. The van der Waals surface area contributed by atoms with Gasteiger partial charge in [-0.1, -0.05) is 25.7 Å². The second-order valence-electron chi connectivity index (χ2n) is 6.28.